The zero-order chi connectivity index (χ0) is 16.1. The smallest absolute Gasteiger partial charge is 0.166 e. The molecule has 0 atom stereocenters. The van der Waals surface area contributed by atoms with E-state index in [-0.39, 0.29) is 5.75 Å². The van der Waals surface area contributed by atoms with Gasteiger partial charge in [-0.1, -0.05) is 17.7 Å². The largest absolute Gasteiger partial charge is 0.504 e. The first-order valence-electron chi connectivity index (χ1n) is 6.98. The molecule has 0 unspecified atom stereocenters. The lowest BCUT2D eigenvalue weighted by molar-refractivity contribution is 0.318. The van der Waals surface area contributed by atoms with Crippen molar-refractivity contribution in [3.8, 4) is 11.5 Å². The Kier molecular flexibility index (Phi) is 5.28. The maximum atomic E-state index is 10.2. The van der Waals surface area contributed by atoms with Crippen LogP contribution in [0.15, 0.2) is 41.4 Å². The fraction of sp³-hybridized carbons (Fsp3) is 0.235. The Balaban J connectivity index is 2.37. The summed E-state index contributed by atoms with van der Waals surface area (Å²) < 4.78 is 5.37. The highest BCUT2D eigenvalue weighted by Gasteiger charge is 2.07. The molecule has 0 saturated carbocycles. The van der Waals surface area contributed by atoms with Crippen LogP contribution in [0.1, 0.15) is 12.5 Å². The summed E-state index contributed by atoms with van der Waals surface area (Å²) in [4.78, 5) is 6.41. The molecule has 0 aliphatic heterocycles. The quantitative estimate of drug-likeness (QED) is 0.838. The van der Waals surface area contributed by atoms with Crippen LogP contribution in [-0.2, 0) is 0 Å². The number of phenolic OH excluding ortho intramolecular Hbond substituents is 1. The van der Waals surface area contributed by atoms with Crippen molar-refractivity contribution < 1.29 is 9.84 Å². The summed E-state index contributed by atoms with van der Waals surface area (Å²) >= 11 is 6.04. The van der Waals surface area contributed by atoms with Crippen LogP contribution in [0.3, 0.4) is 0 Å². The van der Waals surface area contributed by atoms with Gasteiger partial charge in [-0.05, 0) is 37.3 Å². The SMILES string of the molecule is CCOc1cccc(C=Nc2cc(Cl)ccc2N(C)C)c1O. The van der Waals surface area contributed by atoms with Crippen molar-refractivity contribution in [2.75, 3.05) is 25.6 Å². The van der Waals surface area contributed by atoms with E-state index in [0.29, 0.717) is 22.9 Å². The van der Waals surface area contributed by atoms with E-state index in [1.807, 2.05) is 44.1 Å². The number of aromatic hydroxyl groups is 1. The Morgan fingerprint density at radius 2 is 2.05 bits per heavy atom. The predicted octanol–water partition coefficient (Wildman–Crippen LogP) is 4.26. The highest BCUT2D eigenvalue weighted by atomic mass is 35.5. The molecule has 0 aliphatic carbocycles. The van der Waals surface area contributed by atoms with E-state index >= 15 is 0 Å². The number of phenols is 1. The van der Waals surface area contributed by atoms with Crippen LogP contribution < -0.4 is 9.64 Å². The highest BCUT2D eigenvalue weighted by Crippen LogP contribution is 2.32. The molecule has 0 saturated heterocycles. The lowest BCUT2D eigenvalue weighted by Crippen LogP contribution is -2.08. The Bertz CT molecular complexity index is 684. The number of benzene rings is 2. The second-order valence-electron chi connectivity index (χ2n) is 4.91. The molecule has 1 N–H and O–H groups in total. The minimum atomic E-state index is 0.0848. The molecule has 5 heteroatoms. The van der Waals surface area contributed by atoms with Crippen molar-refractivity contribution in [3.05, 3.63) is 47.0 Å². The molecule has 2 aromatic carbocycles. The van der Waals surface area contributed by atoms with E-state index < -0.39 is 0 Å². The van der Waals surface area contributed by atoms with Gasteiger partial charge in [0.1, 0.15) is 0 Å². The summed E-state index contributed by atoms with van der Waals surface area (Å²) in [5.74, 6) is 0.534. The van der Waals surface area contributed by atoms with E-state index in [2.05, 4.69) is 4.99 Å². The maximum absolute atomic E-state index is 10.2. The summed E-state index contributed by atoms with van der Waals surface area (Å²) in [6, 6.07) is 10.8. The van der Waals surface area contributed by atoms with Crippen molar-refractivity contribution in [2.45, 2.75) is 6.92 Å². The van der Waals surface area contributed by atoms with Gasteiger partial charge < -0.3 is 14.7 Å². The number of halogens is 1. The fourth-order valence-corrected chi connectivity index (χ4v) is 2.20. The number of ether oxygens (including phenoxy) is 1. The summed E-state index contributed by atoms with van der Waals surface area (Å²) in [5, 5.41) is 10.8. The number of para-hydroxylation sites is 1. The molecule has 0 spiro atoms. The van der Waals surface area contributed by atoms with Crippen molar-refractivity contribution >= 4 is 29.2 Å². The second-order valence-corrected chi connectivity index (χ2v) is 5.35. The molecule has 22 heavy (non-hydrogen) atoms. The van der Waals surface area contributed by atoms with E-state index in [0.717, 1.165) is 11.4 Å². The fourth-order valence-electron chi connectivity index (χ4n) is 2.03. The molecule has 0 radical (unpaired) electrons. The molecule has 0 bridgehead atoms. The first-order valence-corrected chi connectivity index (χ1v) is 7.36. The Morgan fingerprint density at radius 1 is 1.27 bits per heavy atom. The standard InChI is InChI=1S/C17H19ClN2O2/c1-4-22-16-7-5-6-12(17(16)21)11-19-14-10-13(18)8-9-15(14)20(2)3/h5-11,21H,4H2,1-3H3. The Morgan fingerprint density at radius 3 is 2.73 bits per heavy atom. The van der Waals surface area contributed by atoms with Gasteiger partial charge in [0.15, 0.2) is 11.5 Å². The Labute approximate surface area is 135 Å². The van der Waals surface area contributed by atoms with Gasteiger partial charge in [-0.2, -0.15) is 0 Å². The third-order valence-corrected chi connectivity index (χ3v) is 3.33. The number of anilines is 1. The summed E-state index contributed by atoms with van der Waals surface area (Å²) in [6.07, 6.45) is 1.61. The monoisotopic (exact) mass is 318 g/mol. The number of hydrogen-bond acceptors (Lipinski definition) is 4. The van der Waals surface area contributed by atoms with Crippen LogP contribution in [0.2, 0.25) is 5.02 Å². The van der Waals surface area contributed by atoms with E-state index in [1.54, 1.807) is 24.4 Å². The van der Waals surface area contributed by atoms with Gasteiger partial charge in [0.2, 0.25) is 0 Å². The van der Waals surface area contributed by atoms with Gasteiger partial charge >= 0.3 is 0 Å². The van der Waals surface area contributed by atoms with Crippen molar-refractivity contribution in [1.82, 2.24) is 0 Å². The van der Waals surface area contributed by atoms with E-state index in [9.17, 15) is 5.11 Å². The number of hydrogen-bond donors (Lipinski definition) is 1. The topological polar surface area (TPSA) is 45.1 Å². The van der Waals surface area contributed by atoms with Gasteiger partial charge in [0.25, 0.3) is 0 Å². The molecule has 0 amide bonds. The molecule has 2 aromatic rings. The third kappa shape index (κ3) is 3.71. The molecule has 0 heterocycles. The number of nitrogens with zero attached hydrogens (tertiary/aromatic N) is 2. The van der Waals surface area contributed by atoms with Crippen LogP contribution in [0.25, 0.3) is 0 Å². The minimum Gasteiger partial charge on any atom is -0.504 e. The Hall–Kier alpha value is -2.20. The van der Waals surface area contributed by atoms with Gasteiger partial charge in [0.05, 0.1) is 18.0 Å². The van der Waals surface area contributed by atoms with Crippen LogP contribution in [-0.4, -0.2) is 32.0 Å². The van der Waals surface area contributed by atoms with Crippen LogP contribution >= 0.6 is 11.6 Å². The predicted molar refractivity (Wildman–Crippen MR) is 92.3 cm³/mol. The molecule has 0 aromatic heterocycles. The average molecular weight is 319 g/mol. The average Bonchev–Trinajstić information content (AvgIpc) is 2.48. The summed E-state index contributed by atoms with van der Waals surface area (Å²) in [5.41, 5.74) is 2.27. The first-order chi connectivity index (χ1) is 10.5. The van der Waals surface area contributed by atoms with E-state index in [4.69, 9.17) is 16.3 Å². The van der Waals surface area contributed by atoms with Crippen molar-refractivity contribution in [1.29, 1.82) is 0 Å². The van der Waals surface area contributed by atoms with Gasteiger partial charge in [-0.25, -0.2) is 0 Å². The highest BCUT2D eigenvalue weighted by molar-refractivity contribution is 6.31. The van der Waals surface area contributed by atoms with Gasteiger partial charge in [-0.3, -0.25) is 4.99 Å². The van der Waals surface area contributed by atoms with Crippen LogP contribution in [0, 0.1) is 0 Å². The lowest BCUT2D eigenvalue weighted by Gasteiger charge is -2.15. The summed E-state index contributed by atoms with van der Waals surface area (Å²) in [6.45, 7) is 2.36. The molecule has 2 rings (SSSR count). The lowest BCUT2D eigenvalue weighted by atomic mass is 10.2. The minimum absolute atomic E-state index is 0.0848. The van der Waals surface area contributed by atoms with Gasteiger partial charge in [0, 0.05) is 30.9 Å². The maximum Gasteiger partial charge on any atom is 0.166 e. The molecule has 0 aliphatic rings. The van der Waals surface area contributed by atoms with E-state index in [1.165, 1.54) is 0 Å². The number of aliphatic imine (C=N–C) groups is 1. The number of rotatable bonds is 5. The van der Waals surface area contributed by atoms with Crippen molar-refractivity contribution in [2.24, 2.45) is 4.99 Å². The third-order valence-electron chi connectivity index (χ3n) is 3.09. The molecule has 0 fully saturated rings. The molecule has 4 nitrogen and oxygen atoms in total. The summed E-state index contributed by atoms with van der Waals surface area (Å²) in [7, 11) is 3.88. The van der Waals surface area contributed by atoms with Crippen molar-refractivity contribution in [3.63, 3.8) is 0 Å². The molecular formula is C17H19ClN2O2. The zero-order valence-electron chi connectivity index (χ0n) is 12.9. The van der Waals surface area contributed by atoms with Gasteiger partial charge in [-0.15, -0.1) is 0 Å². The van der Waals surface area contributed by atoms with Crippen LogP contribution in [0.5, 0.6) is 11.5 Å². The van der Waals surface area contributed by atoms with Crippen LogP contribution in [0.4, 0.5) is 11.4 Å². The zero-order valence-corrected chi connectivity index (χ0v) is 13.6. The molecular weight excluding hydrogens is 300 g/mol. The first kappa shape index (κ1) is 16.2. The second kappa shape index (κ2) is 7.18. The molecule has 116 valence electrons. The normalized spacial score (nSPS) is 10.9.